The van der Waals surface area contributed by atoms with Crippen LogP contribution in [0.4, 0.5) is 0 Å². The van der Waals surface area contributed by atoms with Crippen molar-refractivity contribution in [3.8, 4) is 0 Å². The first kappa shape index (κ1) is 49.8. The van der Waals surface area contributed by atoms with Crippen molar-refractivity contribution in [1.29, 1.82) is 0 Å². The number of esters is 2. The summed E-state index contributed by atoms with van der Waals surface area (Å²) in [6.45, 7) is 9.16. The number of rotatable bonds is 22. The molecule has 5 atom stereocenters. The van der Waals surface area contributed by atoms with Gasteiger partial charge < -0.3 is 39.2 Å². The van der Waals surface area contributed by atoms with E-state index in [1.165, 1.54) is 15.9 Å². The lowest BCUT2D eigenvalue weighted by Gasteiger charge is -2.34. The Labute approximate surface area is 368 Å². The summed E-state index contributed by atoms with van der Waals surface area (Å²) in [4.78, 5) is 70.1. The number of likely N-dealkylation sites (N-methyl/N-ethyl adjacent to an activating group) is 2. The Morgan fingerprint density at radius 3 is 2.15 bits per heavy atom. The van der Waals surface area contributed by atoms with Crippen LogP contribution in [0.15, 0.2) is 72.3 Å². The van der Waals surface area contributed by atoms with Crippen LogP contribution in [0.3, 0.4) is 0 Å². The lowest BCUT2D eigenvalue weighted by atomic mass is 9.90. The van der Waals surface area contributed by atoms with Crippen LogP contribution in [0.2, 0.25) is 0 Å². The molecular formula is C49H69N3O10. The summed E-state index contributed by atoms with van der Waals surface area (Å²) >= 11 is 0. The SMILES string of the molecule is CCCCCC1(CCCCC)O[C@@H]2[C@@H](C=C(C(=O)N(C)[C@H](Cc3ccccc3)C(=O)N[C@H](CO)CCC(=O)OC(C)(C)C)C[C@H]2OC(=O)c2ccc(C=CC(=O)N(C)C)cc2)O1. The maximum atomic E-state index is 14.7. The minimum atomic E-state index is -1.01. The highest BCUT2D eigenvalue weighted by Crippen LogP contribution is 2.43. The third-order valence-corrected chi connectivity index (χ3v) is 11.1. The summed E-state index contributed by atoms with van der Waals surface area (Å²) in [6, 6.07) is 14.2. The third-order valence-electron chi connectivity index (χ3n) is 11.1. The van der Waals surface area contributed by atoms with E-state index in [4.69, 9.17) is 18.9 Å². The average Bonchev–Trinajstić information content (AvgIpc) is 3.61. The monoisotopic (exact) mass is 859 g/mol. The molecule has 0 spiro atoms. The zero-order chi connectivity index (χ0) is 45.5. The Bertz CT molecular complexity index is 1840. The molecule has 1 fully saturated rings. The summed E-state index contributed by atoms with van der Waals surface area (Å²) in [5.41, 5.74) is 1.47. The number of carbonyl (C=O) groups excluding carboxylic acids is 5. The van der Waals surface area contributed by atoms with Crippen LogP contribution in [-0.4, -0.2) is 114 Å². The summed E-state index contributed by atoms with van der Waals surface area (Å²) in [5.74, 6) is -3.08. The van der Waals surface area contributed by atoms with Crippen molar-refractivity contribution < 1.29 is 48.0 Å². The van der Waals surface area contributed by atoms with Gasteiger partial charge in [-0.2, -0.15) is 0 Å². The van der Waals surface area contributed by atoms with E-state index in [9.17, 15) is 29.1 Å². The largest absolute Gasteiger partial charge is 0.460 e. The van der Waals surface area contributed by atoms with Crippen LogP contribution in [0.1, 0.15) is 127 Å². The van der Waals surface area contributed by atoms with Crippen molar-refractivity contribution in [3.05, 3.63) is 89.0 Å². The second-order valence-electron chi connectivity index (χ2n) is 17.7. The summed E-state index contributed by atoms with van der Waals surface area (Å²) in [6.07, 6.45) is 10.0. The first-order valence-electron chi connectivity index (χ1n) is 22.2. The number of fused-ring (bicyclic) bond motifs is 1. The zero-order valence-corrected chi connectivity index (χ0v) is 38.0. The van der Waals surface area contributed by atoms with Crippen molar-refractivity contribution in [1.82, 2.24) is 15.1 Å². The van der Waals surface area contributed by atoms with Gasteiger partial charge in [0.25, 0.3) is 0 Å². The minimum absolute atomic E-state index is 0.0156. The molecule has 2 aromatic rings. The van der Waals surface area contributed by atoms with Gasteiger partial charge in [0.05, 0.1) is 18.2 Å². The van der Waals surface area contributed by atoms with Crippen molar-refractivity contribution in [2.75, 3.05) is 27.7 Å². The van der Waals surface area contributed by atoms with Gasteiger partial charge in [0.2, 0.25) is 17.7 Å². The molecular weight excluding hydrogens is 791 g/mol. The number of carbonyl (C=O) groups is 5. The lowest BCUT2D eigenvalue weighted by Crippen LogP contribution is -2.53. The number of nitrogens with one attached hydrogen (secondary N) is 1. The fourth-order valence-corrected chi connectivity index (χ4v) is 7.64. The fraction of sp³-hybridized carbons (Fsp3) is 0.571. The van der Waals surface area contributed by atoms with Crippen LogP contribution >= 0.6 is 0 Å². The molecule has 0 unspecified atom stereocenters. The van der Waals surface area contributed by atoms with Gasteiger partial charge in [0, 0.05) is 64.9 Å². The van der Waals surface area contributed by atoms with E-state index in [-0.39, 0.29) is 37.2 Å². The summed E-state index contributed by atoms with van der Waals surface area (Å²) < 4.78 is 25.3. The van der Waals surface area contributed by atoms with Crippen LogP contribution in [0, 0.1) is 0 Å². The molecule has 2 aromatic carbocycles. The number of aliphatic hydroxyl groups is 1. The van der Waals surface area contributed by atoms with E-state index in [0.717, 1.165) is 49.7 Å². The van der Waals surface area contributed by atoms with Gasteiger partial charge in [-0.1, -0.05) is 82.0 Å². The average molecular weight is 860 g/mol. The highest BCUT2D eigenvalue weighted by Gasteiger charge is 2.53. The number of unbranched alkanes of at least 4 members (excludes halogenated alkanes) is 4. The number of aliphatic hydroxyl groups excluding tert-OH is 1. The molecule has 3 amide bonds. The predicted molar refractivity (Wildman–Crippen MR) is 238 cm³/mol. The Morgan fingerprint density at radius 1 is 0.919 bits per heavy atom. The number of hydrogen-bond donors (Lipinski definition) is 2. The molecule has 4 rings (SSSR count). The Morgan fingerprint density at radius 2 is 1.56 bits per heavy atom. The topological polar surface area (TPSA) is 161 Å². The molecule has 340 valence electrons. The standard InChI is InChI=1S/C49H69N3O10/c1-9-11-16-28-49(29-17-12-10-2)60-41-32-37(31-40(44(41)62-49)59-47(58)36-23-20-34(21-24-36)22-26-42(54)51(6)7)46(57)52(8)39(30-35-18-14-13-15-19-35)45(56)50-38(33-53)25-27-43(55)61-48(3,4)5/h13-15,18-24,26,32,38-41,44,53H,9-12,16-17,25,27-31,33H2,1-8H3,(H,50,56)/t38-,39+,40+,41+,44-/m0/s1. The maximum Gasteiger partial charge on any atom is 0.338 e. The fourth-order valence-electron chi connectivity index (χ4n) is 7.64. The number of amides is 3. The normalized spacial score (nSPS) is 19.2. The quantitative estimate of drug-likeness (QED) is 0.0721. The highest BCUT2D eigenvalue weighted by atomic mass is 16.8. The molecule has 1 heterocycles. The number of ether oxygens (including phenoxy) is 4. The third kappa shape index (κ3) is 14.9. The molecule has 2 aliphatic rings. The Kier molecular flexibility index (Phi) is 18.9. The van der Waals surface area contributed by atoms with Crippen LogP contribution < -0.4 is 5.32 Å². The van der Waals surface area contributed by atoms with Crippen LogP contribution in [0.5, 0.6) is 0 Å². The molecule has 0 aromatic heterocycles. The minimum Gasteiger partial charge on any atom is -0.460 e. The van der Waals surface area contributed by atoms with Gasteiger partial charge in [0.1, 0.15) is 30.0 Å². The molecule has 1 aliphatic carbocycles. The van der Waals surface area contributed by atoms with E-state index in [1.807, 2.05) is 30.3 Å². The molecule has 1 aliphatic heterocycles. The predicted octanol–water partition coefficient (Wildman–Crippen LogP) is 6.95. The van der Waals surface area contributed by atoms with E-state index in [2.05, 4.69) is 19.2 Å². The van der Waals surface area contributed by atoms with E-state index in [0.29, 0.717) is 18.4 Å². The molecule has 1 saturated heterocycles. The Balaban J connectivity index is 1.63. The second kappa shape index (κ2) is 23.6. The highest BCUT2D eigenvalue weighted by molar-refractivity contribution is 5.97. The van der Waals surface area contributed by atoms with Crippen LogP contribution in [-0.2, 0) is 44.5 Å². The Hall–Kier alpha value is -4.85. The van der Waals surface area contributed by atoms with Crippen LogP contribution in [0.25, 0.3) is 6.08 Å². The molecule has 0 saturated carbocycles. The van der Waals surface area contributed by atoms with Gasteiger partial charge in [-0.05, 0) is 75.4 Å². The first-order chi connectivity index (χ1) is 29.5. The first-order valence-corrected chi connectivity index (χ1v) is 22.2. The smallest absolute Gasteiger partial charge is 0.338 e. The number of hydrogen-bond acceptors (Lipinski definition) is 10. The maximum absolute atomic E-state index is 14.7. The van der Waals surface area contributed by atoms with E-state index in [1.54, 1.807) is 78.3 Å². The zero-order valence-electron chi connectivity index (χ0n) is 38.0. The van der Waals surface area contributed by atoms with Gasteiger partial charge in [-0.25, -0.2) is 4.79 Å². The molecule has 62 heavy (non-hydrogen) atoms. The molecule has 0 bridgehead atoms. The number of benzene rings is 2. The molecule has 13 heteroatoms. The van der Waals surface area contributed by atoms with Gasteiger partial charge in [-0.15, -0.1) is 0 Å². The summed E-state index contributed by atoms with van der Waals surface area (Å²) in [7, 11) is 4.89. The van der Waals surface area contributed by atoms with Gasteiger partial charge in [-0.3, -0.25) is 19.2 Å². The van der Waals surface area contributed by atoms with Crippen molar-refractivity contribution in [2.24, 2.45) is 0 Å². The van der Waals surface area contributed by atoms with Gasteiger partial charge in [0.15, 0.2) is 5.79 Å². The summed E-state index contributed by atoms with van der Waals surface area (Å²) in [5, 5.41) is 13.1. The molecule has 0 radical (unpaired) electrons. The van der Waals surface area contributed by atoms with Gasteiger partial charge >= 0.3 is 11.9 Å². The van der Waals surface area contributed by atoms with Crippen molar-refractivity contribution in [3.63, 3.8) is 0 Å². The molecule has 2 N–H and O–H groups in total. The van der Waals surface area contributed by atoms with E-state index < -0.39 is 72.1 Å². The molecule has 13 nitrogen and oxygen atoms in total. The van der Waals surface area contributed by atoms with Crippen molar-refractivity contribution in [2.45, 2.75) is 153 Å². The lowest BCUT2D eigenvalue weighted by molar-refractivity contribution is -0.190. The second-order valence-corrected chi connectivity index (χ2v) is 17.7. The van der Waals surface area contributed by atoms with E-state index >= 15 is 0 Å². The van der Waals surface area contributed by atoms with Crippen molar-refractivity contribution >= 4 is 35.7 Å². The number of nitrogens with zero attached hydrogens (tertiary/aromatic N) is 2.